The number of aromatic nitrogens is 2. The predicted molar refractivity (Wildman–Crippen MR) is 91.3 cm³/mol. The summed E-state index contributed by atoms with van der Waals surface area (Å²) >= 11 is 5.95. The molecular formula is C16H20ClN5O2. The highest BCUT2D eigenvalue weighted by atomic mass is 35.5. The van der Waals surface area contributed by atoms with Crippen molar-refractivity contribution in [3.05, 3.63) is 29.0 Å². The van der Waals surface area contributed by atoms with Crippen molar-refractivity contribution in [2.45, 2.75) is 19.4 Å². The molecule has 1 aromatic carbocycles. The Morgan fingerprint density at radius 1 is 1.46 bits per heavy atom. The molecule has 0 radical (unpaired) electrons. The van der Waals surface area contributed by atoms with Crippen LogP contribution < -0.4 is 11.1 Å². The van der Waals surface area contributed by atoms with Gasteiger partial charge in [0.15, 0.2) is 0 Å². The Morgan fingerprint density at radius 3 is 3.08 bits per heavy atom. The Hall–Kier alpha value is -2.12. The Balaban J connectivity index is 1.56. The van der Waals surface area contributed by atoms with Crippen molar-refractivity contribution in [3.8, 4) is 0 Å². The molecule has 1 fully saturated rings. The minimum absolute atomic E-state index is 0.0253. The number of nitrogens with one attached hydrogen (secondary N) is 2. The standard InChI is InChI=1S/C16H20ClN5O2/c17-11-3-4-12-13(6-11)21-15(20-12)7-19-16(24)10-2-1-5-22(8-10)9-14(18)23/h3-4,6,10H,1-2,5,7-9H2,(H2,18,23)(H,19,24)(H,20,21). The van der Waals surface area contributed by atoms with E-state index in [4.69, 9.17) is 17.3 Å². The molecule has 1 saturated heterocycles. The number of primary amides is 1. The normalized spacial score (nSPS) is 18.6. The molecule has 3 rings (SSSR count). The Bertz CT molecular complexity index is 760. The molecule has 128 valence electrons. The van der Waals surface area contributed by atoms with Gasteiger partial charge in [-0.15, -0.1) is 0 Å². The SMILES string of the molecule is NC(=O)CN1CCCC(C(=O)NCc2nc3ccc(Cl)cc3[nH]2)C1. The van der Waals surface area contributed by atoms with E-state index in [1.165, 1.54) is 0 Å². The molecule has 1 aromatic heterocycles. The molecule has 24 heavy (non-hydrogen) atoms. The van der Waals surface area contributed by atoms with Crippen LogP contribution in [0.1, 0.15) is 18.7 Å². The van der Waals surface area contributed by atoms with Gasteiger partial charge in [-0.05, 0) is 37.6 Å². The van der Waals surface area contributed by atoms with E-state index in [0.29, 0.717) is 23.9 Å². The Morgan fingerprint density at radius 2 is 2.29 bits per heavy atom. The summed E-state index contributed by atoms with van der Waals surface area (Å²) < 4.78 is 0. The maximum atomic E-state index is 12.4. The number of benzene rings is 1. The molecule has 2 amide bonds. The molecule has 1 aliphatic rings. The fraction of sp³-hybridized carbons (Fsp3) is 0.438. The van der Waals surface area contributed by atoms with Crippen molar-refractivity contribution in [2.75, 3.05) is 19.6 Å². The third-order valence-corrected chi connectivity index (χ3v) is 4.41. The van der Waals surface area contributed by atoms with E-state index in [9.17, 15) is 9.59 Å². The van der Waals surface area contributed by atoms with E-state index in [-0.39, 0.29) is 24.3 Å². The van der Waals surface area contributed by atoms with Crippen molar-refractivity contribution in [1.82, 2.24) is 20.2 Å². The van der Waals surface area contributed by atoms with Crippen LogP contribution in [0.15, 0.2) is 18.2 Å². The molecule has 1 unspecified atom stereocenters. The van der Waals surface area contributed by atoms with E-state index < -0.39 is 0 Å². The molecule has 1 atom stereocenters. The first-order valence-electron chi connectivity index (χ1n) is 7.94. The molecule has 2 heterocycles. The van der Waals surface area contributed by atoms with Crippen LogP contribution in [0.2, 0.25) is 5.02 Å². The summed E-state index contributed by atoms with van der Waals surface area (Å²) in [5.74, 6) is 0.169. The van der Waals surface area contributed by atoms with Gasteiger partial charge in [-0.2, -0.15) is 0 Å². The number of H-pyrrole nitrogens is 1. The third kappa shape index (κ3) is 4.04. The van der Waals surface area contributed by atoms with Crippen molar-refractivity contribution in [3.63, 3.8) is 0 Å². The lowest BCUT2D eigenvalue weighted by Crippen LogP contribution is -2.45. The zero-order valence-electron chi connectivity index (χ0n) is 13.2. The van der Waals surface area contributed by atoms with Crippen LogP contribution in [0, 0.1) is 5.92 Å². The fourth-order valence-corrected chi connectivity index (χ4v) is 3.24. The van der Waals surface area contributed by atoms with Gasteiger partial charge < -0.3 is 16.0 Å². The highest BCUT2D eigenvalue weighted by Gasteiger charge is 2.26. The first-order chi connectivity index (χ1) is 11.5. The van der Waals surface area contributed by atoms with Crippen molar-refractivity contribution in [2.24, 2.45) is 11.7 Å². The zero-order valence-corrected chi connectivity index (χ0v) is 14.0. The lowest BCUT2D eigenvalue weighted by Gasteiger charge is -2.30. The van der Waals surface area contributed by atoms with E-state index in [0.717, 1.165) is 30.4 Å². The Labute approximate surface area is 144 Å². The summed E-state index contributed by atoms with van der Waals surface area (Å²) in [4.78, 5) is 32.9. The lowest BCUT2D eigenvalue weighted by molar-refractivity contribution is -0.128. The smallest absolute Gasteiger partial charge is 0.231 e. The van der Waals surface area contributed by atoms with Gasteiger partial charge in [-0.3, -0.25) is 14.5 Å². The van der Waals surface area contributed by atoms with Crippen molar-refractivity contribution >= 4 is 34.4 Å². The number of nitrogens with two attached hydrogens (primary N) is 1. The van der Waals surface area contributed by atoms with Crippen LogP contribution in [0.3, 0.4) is 0 Å². The fourth-order valence-electron chi connectivity index (χ4n) is 3.07. The highest BCUT2D eigenvalue weighted by molar-refractivity contribution is 6.31. The third-order valence-electron chi connectivity index (χ3n) is 4.18. The topological polar surface area (TPSA) is 104 Å². The number of hydrogen-bond donors (Lipinski definition) is 3. The first kappa shape index (κ1) is 16.7. The van der Waals surface area contributed by atoms with Crippen molar-refractivity contribution in [1.29, 1.82) is 0 Å². The second kappa shape index (κ2) is 7.19. The zero-order chi connectivity index (χ0) is 17.1. The number of carbonyl (C=O) groups excluding carboxylic acids is 2. The number of hydrogen-bond acceptors (Lipinski definition) is 4. The van der Waals surface area contributed by atoms with Gasteiger partial charge in [0.05, 0.1) is 30.0 Å². The number of aromatic amines is 1. The largest absolute Gasteiger partial charge is 0.369 e. The van der Waals surface area contributed by atoms with Gasteiger partial charge in [-0.1, -0.05) is 11.6 Å². The van der Waals surface area contributed by atoms with Gasteiger partial charge in [0, 0.05) is 11.6 Å². The molecular weight excluding hydrogens is 330 g/mol. The molecule has 0 bridgehead atoms. The van der Waals surface area contributed by atoms with Crippen LogP contribution in [0.5, 0.6) is 0 Å². The average Bonchev–Trinajstić information content (AvgIpc) is 2.94. The highest BCUT2D eigenvalue weighted by Crippen LogP contribution is 2.18. The van der Waals surface area contributed by atoms with Gasteiger partial charge in [-0.25, -0.2) is 4.98 Å². The van der Waals surface area contributed by atoms with Gasteiger partial charge in [0.25, 0.3) is 0 Å². The lowest BCUT2D eigenvalue weighted by atomic mass is 9.97. The average molecular weight is 350 g/mol. The summed E-state index contributed by atoms with van der Waals surface area (Å²) in [7, 11) is 0. The van der Waals surface area contributed by atoms with Crippen molar-refractivity contribution < 1.29 is 9.59 Å². The van der Waals surface area contributed by atoms with Gasteiger partial charge in [0.2, 0.25) is 11.8 Å². The van der Waals surface area contributed by atoms with Crippen LogP contribution in [0.4, 0.5) is 0 Å². The molecule has 7 nitrogen and oxygen atoms in total. The number of fused-ring (bicyclic) bond motifs is 1. The molecule has 8 heteroatoms. The number of piperidine rings is 1. The number of rotatable bonds is 5. The summed E-state index contributed by atoms with van der Waals surface area (Å²) in [5.41, 5.74) is 6.88. The maximum Gasteiger partial charge on any atom is 0.231 e. The second-order valence-electron chi connectivity index (χ2n) is 6.10. The Kier molecular flexibility index (Phi) is 5.01. The van der Waals surface area contributed by atoms with E-state index in [2.05, 4.69) is 15.3 Å². The number of nitrogens with zero attached hydrogens (tertiary/aromatic N) is 2. The molecule has 4 N–H and O–H groups in total. The van der Waals surface area contributed by atoms with Gasteiger partial charge in [0.1, 0.15) is 5.82 Å². The number of halogens is 1. The summed E-state index contributed by atoms with van der Waals surface area (Å²) in [6.45, 7) is 1.90. The molecule has 0 spiro atoms. The van der Waals surface area contributed by atoms with Crippen LogP contribution in [-0.2, 0) is 16.1 Å². The minimum Gasteiger partial charge on any atom is -0.369 e. The van der Waals surface area contributed by atoms with Crippen LogP contribution in [0.25, 0.3) is 11.0 Å². The predicted octanol–water partition coefficient (Wildman–Crippen LogP) is 1.03. The van der Waals surface area contributed by atoms with Gasteiger partial charge >= 0.3 is 0 Å². The molecule has 0 saturated carbocycles. The second-order valence-corrected chi connectivity index (χ2v) is 6.54. The molecule has 2 aromatic rings. The first-order valence-corrected chi connectivity index (χ1v) is 8.31. The summed E-state index contributed by atoms with van der Waals surface area (Å²) in [5, 5.41) is 3.55. The van der Waals surface area contributed by atoms with Crippen LogP contribution in [-0.4, -0.2) is 46.3 Å². The number of amides is 2. The van der Waals surface area contributed by atoms with E-state index >= 15 is 0 Å². The number of imidazole rings is 1. The summed E-state index contributed by atoms with van der Waals surface area (Å²) in [6, 6.07) is 5.42. The monoisotopic (exact) mass is 349 g/mol. The number of likely N-dealkylation sites (tertiary alicyclic amines) is 1. The molecule has 0 aliphatic carbocycles. The quantitative estimate of drug-likeness (QED) is 0.749. The van der Waals surface area contributed by atoms with E-state index in [1.54, 1.807) is 12.1 Å². The summed E-state index contributed by atoms with van der Waals surface area (Å²) in [6.07, 6.45) is 1.70. The van der Waals surface area contributed by atoms with Crippen LogP contribution >= 0.6 is 11.6 Å². The number of carbonyl (C=O) groups is 2. The maximum absolute atomic E-state index is 12.4. The van der Waals surface area contributed by atoms with E-state index in [1.807, 2.05) is 11.0 Å². The molecule has 1 aliphatic heterocycles. The minimum atomic E-state index is -0.364.